The maximum atomic E-state index is 12.7. The Morgan fingerprint density at radius 3 is 2.07 bits per heavy atom. The molecule has 1 N–H and O–H groups in total. The first kappa shape index (κ1) is 10.9. The molecule has 0 aliphatic rings. The van der Waals surface area contributed by atoms with Crippen LogP contribution in [0, 0.1) is 11.6 Å². The number of hydrogen-bond acceptors (Lipinski definition) is 1. The molecule has 0 aromatic heterocycles. The van der Waals surface area contributed by atoms with Gasteiger partial charge in [0, 0.05) is 5.56 Å². The van der Waals surface area contributed by atoms with Crippen molar-refractivity contribution in [2.24, 2.45) is 0 Å². The number of aliphatic hydroxyl groups excluding tert-OH is 1. The van der Waals surface area contributed by atoms with Crippen molar-refractivity contribution in [1.29, 1.82) is 0 Å². The van der Waals surface area contributed by atoms with E-state index in [1.54, 1.807) is 0 Å². The van der Waals surface area contributed by atoms with E-state index in [0.29, 0.717) is 6.07 Å². The van der Waals surface area contributed by atoms with Crippen molar-refractivity contribution >= 4 is 0 Å². The Balaban J connectivity index is 3.29. The summed E-state index contributed by atoms with van der Waals surface area (Å²) in [5.41, 5.74) is -2.18. The molecule has 1 aromatic carbocycles. The largest absolute Gasteiger partial charge is 0.419 e. The SMILES string of the molecule is OCc1cc(F)c(C(F)(F)F)cc1F. The summed E-state index contributed by atoms with van der Waals surface area (Å²) in [5.74, 6) is -2.87. The third-order valence-corrected chi connectivity index (χ3v) is 1.61. The number of alkyl halides is 3. The molecule has 0 aliphatic heterocycles. The van der Waals surface area contributed by atoms with Gasteiger partial charge in [0.1, 0.15) is 11.6 Å². The van der Waals surface area contributed by atoms with Gasteiger partial charge in [0.25, 0.3) is 0 Å². The zero-order valence-electron chi connectivity index (χ0n) is 6.70. The molecular formula is C8H5F5O. The second-order valence-corrected chi connectivity index (χ2v) is 2.58. The standard InChI is InChI=1S/C8H5F5O/c9-6-2-5(8(11,12)13)7(10)1-4(6)3-14/h1-2,14H,3H2. The van der Waals surface area contributed by atoms with E-state index < -0.39 is 35.5 Å². The first-order chi connectivity index (χ1) is 6.36. The second-order valence-electron chi connectivity index (χ2n) is 2.58. The van der Waals surface area contributed by atoms with Crippen LogP contribution in [0.5, 0.6) is 0 Å². The minimum atomic E-state index is -4.93. The first-order valence-corrected chi connectivity index (χ1v) is 3.52. The van der Waals surface area contributed by atoms with E-state index in [2.05, 4.69) is 0 Å². The fraction of sp³-hybridized carbons (Fsp3) is 0.250. The molecule has 0 bridgehead atoms. The van der Waals surface area contributed by atoms with Crippen LogP contribution in [0.1, 0.15) is 11.1 Å². The Kier molecular flexibility index (Phi) is 2.75. The monoisotopic (exact) mass is 212 g/mol. The van der Waals surface area contributed by atoms with Gasteiger partial charge in [-0.2, -0.15) is 13.2 Å². The highest BCUT2D eigenvalue weighted by Crippen LogP contribution is 2.32. The normalized spacial score (nSPS) is 11.9. The fourth-order valence-corrected chi connectivity index (χ4v) is 0.926. The molecule has 0 spiro atoms. The highest BCUT2D eigenvalue weighted by atomic mass is 19.4. The third kappa shape index (κ3) is 2.01. The van der Waals surface area contributed by atoms with Crippen molar-refractivity contribution in [2.45, 2.75) is 12.8 Å². The molecule has 78 valence electrons. The number of rotatable bonds is 1. The predicted octanol–water partition coefficient (Wildman–Crippen LogP) is 2.48. The summed E-state index contributed by atoms with van der Waals surface area (Å²) in [5, 5.41) is 8.45. The van der Waals surface area contributed by atoms with Crippen molar-refractivity contribution in [2.75, 3.05) is 0 Å². The molecule has 0 amide bonds. The Hall–Kier alpha value is -1.17. The van der Waals surface area contributed by atoms with Gasteiger partial charge < -0.3 is 5.11 Å². The van der Waals surface area contributed by atoms with Gasteiger partial charge in [0.05, 0.1) is 12.2 Å². The van der Waals surface area contributed by atoms with E-state index >= 15 is 0 Å². The van der Waals surface area contributed by atoms with E-state index in [4.69, 9.17) is 5.11 Å². The highest BCUT2D eigenvalue weighted by Gasteiger charge is 2.35. The molecule has 0 saturated carbocycles. The van der Waals surface area contributed by atoms with Crippen molar-refractivity contribution in [3.8, 4) is 0 Å². The summed E-state index contributed by atoms with van der Waals surface area (Å²) in [6.07, 6.45) is -4.93. The van der Waals surface area contributed by atoms with E-state index in [-0.39, 0.29) is 6.07 Å². The maximum absolute atomic E-state index is 12.7. The van der Waals surface area contributed by atoms with Crippen molar-refractivity contribution < 1.29 is 27.1 Å². The van der Waals surface area contributed by atoms with Gasteiger partial charge in [-0.25, -0.2) is 8.78 Å². The maximum Gasteiger partial charge on any atom is 0.419 e. The summed E-state index contributed by atoms with van der Waals surface area (Å²) in [7, 11) is 0. The second kappa shape index (κ2) is 3.53. The average Bonchev–Trinajstić information content (AvgIpc) is 2.06. The Morgan fingerprint density at radius 2 is 1.64 bits per heavy atom. The lowest BCUT2D eigenvalue weighted by atomic mass is 10.1. The number of hydrogen-bond donors (Lipinski definition) is 1. The molecule has 0 radical (unpaired) electrons. The van der Waals surface area contributed by atoms with Gasteiger partial charge >= 0.3 is 6.18 Å². The zero-order chi connectivity index (χ0) is 10.9. The molecule has 1 aromatic rings. The molecule has 1 rings (SSSR count). The fourth-order valence-electron chi connectivity index (χ4n) is 0.926. The third-order valence-electron chi connectivity index (χ3n) is 1.61. The summed E-state index contributed by atoms with van der Waals surface area (Å²) >= 11 is 0. The predicted molar refractivity (Wildman–Crippen MR) is 37.3 cm³/mol. The molecule has 0 aliphatic carbocycles. The number of halogens is 5. The molecule has 14 heavy (non-hydrogen) atoms. The van der Waals surface area contributed by atoms with Crippen LogP contribution in [0.25, 0.3) is 0 Å². The number of aliphatic hydroxyl groups is 1. The van der Waals surface area contributed by atoms with E-state index in [1.165, 1.54) is 0 Å². The molecule has 0 atom stereocenters. The van der Waals surface area contributed by atoms with Crippen molar-refractivity contribution in [3.63, 3.8) is 0 Å². The van der Waals surface area contributed by atoms with E-state index in [9.17, 15) is 22.0 Å². The van der Waals surface area contributed by atoms with Crippen LogP contribution in [0.3, 0.4) is 0 Å². The number of benzene rings is 1. The summed E-state index contributed by atoms with van der Waals surface area (Å²) in [4.78, 5) is 0. The minimum absolute atomic E-state index is 0.0287. The average molecular weight is 212 g/mol. The van der Waals surface area contributed by atoms with Crippen LogP contribution < -0.4 is 0 Å². The first-order valence-electron chi connectivity index (χ1n) is 3.52. The lowest BCUT2D eigenvalue weighted by Gasteiger charge is -2.09. The van der Waals surface area contributed by atoms with Gasteiger partial charge in [0.15, 0.2) is 0 Å². The topological polar surface area (TPSA) is 20.2 Å². The van der Waals surface area contributed by atoms with Crippen LogP contribution in [-0.2, 0) is 12.8 Å². The Morgan fingerprint density at radius 1 is 1.07 bits per heavy atom. The molecule has 0 saturated heterocycles. The highest BCUT2D eigenvalue weighted by molar-refractivity contribution is 5.27. The lowest BCUT2D eigenvalue weighted by molar-refractivity contribution is -0.140. The van der Waals surface area contributed by atoms with Gasteiger partial charge in [0.2, 0.25) is 0 Å². The summed E-state index contributed by atoms with van der Waals surface area (Å²) in [6, 6.07) is 0.360. The van der Waals surface area contributed by atoms with E-state index in [1.807, 2.05) is 0 Å². The van der Waals surface area contributed by atoms with Gasteiger partial charge in [-0.15, -0.1) is 0 Å². The zero-order valence-corrected chi connectivity index (χ0v) is 6.70. The molecule has 1 nitrogen and oxygen atoms in total. The summed E-state index contributed by atoms with van der Waals surface area (Å²) < 4.78 is 61.4. The van der Waals surface area contributed by atoms with Crippen LogP contribution in [0.4, 0.5) is 22.0 Å². The van der Waals surface area contributed by atoms with Gasteiger partial charge in [-0.3, -0.25) is 0 Å². The molecule has 0 heterocycles. The van der Waals surface area contributed by atoms with Crippen LogP contribution in [0.2, 0.25) is 0 Å². The quantitative estimate of drug-likeness (QED) is 0.709. The minimum Gasteiger partial charge on any atom is -0.392 e. The van der Waals surface area contributed by atoms with Crippen LogP contribution >= 0.6 is 0 Å². The molecule has 6 heteroatoms. The lowest BCUT2D eigenvalue weighted by Crippen LogP contribution is -2.10. The van der Waals surface area contributed by atoms with Crippen molar-refractivity contribution in [3.05, 3.63) is 34.9 Å². The molecular weight excluding hydrogens is 207 g/mol. The van der Waals surface area contributed by atoms with Gasteiger partial charge in [-0.05, 0) is 12.1 Å². The Labute approximate surface area is 75.8 Å². The van der Waals surface area contributed by atoms with Crippen LogP contribution in [0.15, 0.2) is 12.1 Å². The van der Waals surface area contributed by atoms with E-state index in [0.717, 1.165) is 0 Å². The molecule has 0 unspecified atom stereocenters. The Bertz CT molecular complexity index is 344. The molecule has 0 fully saturated rings. The summed E-state index contributed by atoms with van der Waals surface area (Å²) in [6.45, 7) is -0.846. The smallest absolute Gasteiger partial charge is 0.392 e. The van der Waals surface area contributed by atoms with Crippen molar-refractivity contribution in [1.82, 2.24) is 0 Å². The van der Waals surface area contributed by atoms with Crippen LogP contribution in [-0.4, -0.2) is 5.11 Å². The van der Waals surface area contributed by atoms with Gasteiger partial charge in [-0.1, -0.05) is 0 Å².